The number of amides is 1. The number of rotatable bonds is 6. The molecule has 11 heteroatoms. The zero-order valence-electron chi connectivity index (χ0n) is 16.4. The maximum Gasteiger partial charge on any atom is 0.351 e. The van der Waals surface area contributed by atoms with Gasteiger partial charge in [0.25, 0.3) is 5.88 Å². The van der Waals surface area contributed by atoms with Crippen LogP contribution in [0.2, 0.25) is 5.02 Å². The van der Waals surface area contributed by atoms with E-state index in [0.717, 1.165) is 17.8 Å². The first-order valence-corrected chi connectivity index (χ1v) is 9.73. The summed E-state index contributed by atoms with van der Waals surface area (Å²) in [5, 5.41) is 6.95. The predicted octanol–water partition coefficient (Wildman–Crippen LogP) is 1.25. The number of likely N-dealkylation sites (tertiary alicyclic amines) is 1. The minimum atomic E-state index is -0.565. The number of nitrogens with zero attached hydrogens (tertiary/aromatic N) is 5. The molecule has 1 fully saturated rings. The fourth-order valence-electron chi connectivity index (χ4n) is 3.27. The van der Waals surface area contributed by atoms with E-state index in [1.807, 2.05) is 7.05 Å². The molecule has 0 aliphatic carbocycles. The molecule has 2 aromatic heterocycles. The molecule has 0 unspecified atom stereocenters. The third kappa shape index (κ3) is 4.01. The molecular formula is C19H20ClFN6O3. The second-order valence-corrected chi connectivity index (χ2v) is 7.70. The highest BCUT2D eigenvalue weighted by molar-refractivity contribution is 6.30. The van der Waals surface area contributed by atoms with Gasteiger partial charge in [-0.25, -0.2) is 23.3 Å². The largest absolute Gasteiger partial charge is 0.469 e. The van der Waals surface area contributed by atoms with Crippen LogP contribution >= 0.6 is 11.6 Å². The van der Waals surface area contributed by atoms with Crippen LogP contribution in [0.15, 0.2) is 35.4 Å². The normalized spacial score (nSPS) is 15.7. The molecule has 1 saturated heterocycles. The number of carbonyl (C=O) groups excluding carboxylic acids is 1. The third-order valence-electron chi connectivity index (χ3n) is 4.89. The van der Waals surface area contributed by atoms with Gasteiger partial charge in [-0.3, -0.25) is 9.69 Å². The molecule has 1 amide bonds. The SMILES string of the molecule is C[C@H](NC(=O)Cn1nc2c(OC3CN(C)C3)nccn2c1=O)c1ccc(Cl)c(F)c1. The van der Waals surface area contributed by atoms with E-state index in [0.29, 0.717) is 5.56 Å². The fraction of sp³-hybridized carbons (Fsp3) is 0.368. The Morgan fingerprint density at radius 2 is 2.20 bits per heavy atom. The molecule has 1 aromatic carbocycles. The molecule has 3 aromatic rings. The lowest BCUT2D eigenvalue weighted by atomic mass is 10.1. The topological polar surface area (TPSA) is 93.8 Å². The summed E-state index contributed by atoms with van der Waals surface area (Å²) in [6.45, 7) is 2.93. The van der Waals surface area contributed by atoms with E-state index in [9.17, 15) is 14.0 Å². The number of carbonyl (C=O) groups is 1. The van der Waals surface area contributed by atoms with Crippen molar-refractivity contribution in [1.82, 2.24) is 29.4 Å². The van der Waals surface area contributed by atoms with Crippen molar-refractivity contribution < 1.29 is 13.9 Å². The first kappa shape index (κ1) is 20.3. The van der Waals surface area contributed by atoms with Crippen molar-refractivity contribution in [3.05, 3.63) is 57.5 Å². The molecule has 0 radical (unpaired) electrons. The lowest BCUT2D eigenvalue weighted by molar-refractivity contribution is -0.122. The van der Waals surface area contributed by atoms with Gasteiger partial charge in [-0.15, -0.1) is 5.10 Å². The highest BCUT2D eigenvalue weighted by atomic mass is 35.5. The van der Waals surface area contributed by atoms with E-state index in [1.54, 1.807) is 13.0 Å². The maximum absolute atomic E-state index is 13.7. The van der Waals surface area contributed by atoms with Crippen LogP contribution in [0.25, 0.3) is 5.65 Å². The van der Waals surface area contributed by atoms with Gasteiger partial charge in [-0.05, 0) is 31.7 Å². The number of fused-ring (bicyclic) bond motifs is 1. The van der Waals surface area contributed by atoms with Crippen LogP contribution in [0.3, 0.4) is 0 Å². The van der Waals surface area contributed by atoms with Crippen LogP contribution < -0.4 is 15.7 Å². The fourth-order valence-corrected chi connectivity index (χ4v) is 3.39. The van der Waals surface area contributed by atoms with Gasteiger partial charge < -0.3 is 10.1 Å². The van der Waals surface area contributed by atoms with Gasteiger partial charge in [0.2, 0.25) is 11.6 Å². The van der Waals surface area contributed by atoms with Gasteiger partial charge in [0.1, 0.15) is 18.5 Å². The molecule has 4 rings (SSSR count). The second-order valence-electron chi connectivity index (χ2n) is 7.29. The summed E-state index contributed by atoms with van der Waals surface area (Å²) in [5.41, 5.74) is 0.318. The van der Waals surface area contributed by atoms with E-state index in [1.165, 1.54) is 28.9 Å². The number of halogens is 2. The minimum absolute atomic E-state index is 0.00806. The molecule has 1 N–H and O–H groups in total. The highest BCUT2D eigenvalue weighted by Crippen LogP contribution is 2.20. The number of benzene rings is 1. The Morgan fingerprint density at radius 1 is 1.43 bits per heavy atom. The molecule has 0 spiro atoms. The standard InChI is InChI=1S/C19H20ClFN6O3/c1-11(12-3-4-14(20)15(21)7-12)23-16(28)10-27-19(29)26-6-5-22-18(17(26)24-27)30-13-8-25(2)9-13/h3-7,11,13H,8-10H2,1-2H3,(H,23,28)/t11-/m0/s1. The van der Waals surface area contributed by atoms with Gasteiger partial charge in [0, 0.05) is 25.5 Å². The summed E-state index contributed by atoms with van der Waals surface area (Å²) in [7, 11) is 1.98. The Bertz CT molecular complexity index is 1160. The summed E-state index contributed by atoms with van der Waals surface area (Å²) in [4.78, 5) is 31.3. The number of likely N-dealkylation sites (N-methyl/N-ethyl adjacent to an activating group) is 1. The molecule has 9 nitrogen and oxygen atoms in total. The number of ether oxygens (including phenoxy) is 1. The monoisotopic (exact) mass is 434 g/mol. The summed E-state index contributed by atoms with van der Waals surface area (Å²) in [5.74, 6) is -0.763. The van der Waals surface area contributed by atoms with E-state index < -0.39 is 23.5 Å². The van der Waals surface area contributed by atoms with Crippen LogP contribution in [-0.4, -0.2) is 56.2 Å². The second kappa shape index (κ2) is 8.04. The third-order valence-corrected chi connectivity index (χ3v) is 5.20. The molecule has 1 atom stereocenters. The quantitative estimate of drug-likeness (QED) is 0.627. The Hall–Kier alpha value is -2.98. The van der Waals surface area contributed by atoms with Crippen molar-refractivity contribution >= 4 is 23.2 Å². The first-order chi connectivity index (χ1) is 14.3. The van der Waals surface area contributed by atoms with Gasteiger partial charge in [0.05, 0.1) is 11.1 Å². The van der Waals surface area contributed by atoms with Crippen LogP contribution in [-0.2, 0) is 11.3 Å². The average molecular weight is 435 g/mol. The summed E-state index contributed by atoms with van der Waals surface area (Å²) in [6.07, 6.45) is 2.91. The average Bonchev–Trinajstić information content (AvgIpc) is 2.99. The van der Waals surface area contributed by atoms with Gasteiger partial charge >= 0.3 is 5.69 Å². The minimum Gasteiger partial charge on any atom is -0.469 e. The van der Waals surface area contributed by atoms with Crippen LogP contribution in [0.4, 0.5) is 4.39 Å². The Kier molecular flexibility index (Phi) is 5.44. The Balaban J connectivity index is 1.49. The van der Waals surface area contributed by atoms with Crippen molar-refractivity contribution in [3.8, 4) is 5.88 Å². The molecular weight excluding hydrogens is 415 g/mol. The van der Waals surface area contributed by atoms with Crippen molar-refractivity contribution in [2.75, 3.05) is 20.1 Å². The van der Waals surface area contributed by atoms with Gasteiger partial charge in [-0.2, -0.15) is 0 Å². The Labute approximate surface area is 176 Å². The van der Waals surface area contributed by atoms with Crippen molar-refractivity contribution in [2.45, 2.75) is 25.6 Å². The lowest BCUT2D eigenvalue weighted by Crippen LogP contribution is -2.51. The van der Waals surface area contributed by atoms with Gasteiger partial charge in [0.15, 0.2) is 0 Å². The molecule has 158 valence electrons. The molecule has 1 aliphatic rings. The maximum atomic E-state index is 13.7. The first-order valence-electron chi connectivity index (χ1n) is 9.35. The van der Waals surface area contributed by atoms with Crippen molar-refractivity contribution in [3.63, 3.8) is 0 Å². The number of hydrogen-bond donors (Lipinski definition) is 1. The van der Waals surface area contributed by atoms with E-state index in [4.69, 9.17) is 16.3 Å². The smallest absolute Gasteiger partial charge is 0.351 e. The molecule has 30 heavy (non-hydrogen) atoms. The van der Waals surface area contributed by atoms with Crippen LogP contribution in [0.5, 0.6) is 5.88 Å². The Morgan fingerprint density at radius 3 is 2.90 bits per heavy atom. The summed E-state index contributed by atoms with van der Waals surface area (Å²) >= 11 is 5.69. The molecule has 0 bridgehead atoms. The van der Waals surface area contributed by atoms with Gasteiger partial charge in [-0.1, -0.05) is 17.7 Å². The lowest BCUT2D eigenvalue weighted by Gasteiger charge is -2.35. The number of aromatic nitrogens is 4. The molecule has 3 heterocycles. The van der Waals surface area contributed by atoms with Crippen LogP contribution in [0.1, 0.15) is 18.5 Å². The van der Waals surface area contributed by atoms with E-state index >= 15 is 0 Å². The summed E-state index contributed by atoms with van der Waals surface area (Å²) in [6, 6.07) is 3.83. The number of nitrogens with one attached hydrogen (secondary N) is 1. The molecule has 0 saturated carbocycles. The molecule has 1 aliphatic heterocycles. The zero-order valence-corrected chi connectivity index (χ0v) is 17.1. The number of hydrogen-bond acceptors (Lipinski definition) is 6. The highest BCUT2D eigenvalue weighted by Gasteiger charge is 2.27. The van der Waals surface area contributed by atoms with Crippen LogP contribution in [0, 0.1) is 5.82 Å². The predicted molar refractivity (Wildman–Crippen MR) is 107 cm³/mol. The van der Waals surface area contributed by atoms with Crippen molar-refractivity contribution in [1.29, 1.82) is 0 Å². The zero-order chi connectivity index (χ0) is 21.4. The summed E-state index contributed by atoms with van der Waals surface area (Å²) < 4.78 is 21.8. The van der Waals surface area contributed by atoms with E-state index in [-0.39, 0.29) is 29.2 Å². The van der Waals surface area contributed by atoms with E-state index in [2.05, 4.69) is 20.3 Å². The van der Waals surface area contributed by atoms with Crippen molar-refractivity contribution in [2.24, 2.45) is 0 Å².